The summed E-state index contributed by atoms with van der Waals surface area (Å²) in [5.41, 5.74) is -0.0435. The highest BCUT2D eigenvalue weighted by Crippen LogP contribution is 2.06. The number of aromatic amines is 1. The maximum absolute atomic E-state index is 11.6. The summed E-state index contributed by atoms with van der Waals surface area (Å²) in [4.78, 5) is 34.4. The number of benzene rings is 1. The number of nitrogens with one attached hydrogen (secondary N) is 1. The molecule has 0 saturated carbocycles. The van der Waals surface area contributed by atoms with Crippen LogP contribution in [0.2, 0.25) is 0 Å². The Bertz CT molecular complexity index is 689. The van der Waals surface area contributed by atoms with Gasteiger partial charge in [-0.25, -0.2) is 9.59 Å². The Morgan fingerprint density at radius 1 is 1.20 bits per heavy atom. The number of aliphatic carboxylic acids is 1. The topological polar surface area (TPSA) is 128 Å². The van der Waals surface area contributed by atoms with Crippen molar-refractivity contribution in [3.8, 4) is 0 Å². The molecular weight excluding hydrogens is 266 g/mol. The highest BCUT2D eigenvalue weighted by atomic mass is 16.4. The smallest absolute Gasteiger partial charge is 0.341 e. The van der Waals surface area contributed by atoms with Crippen LogP contribution in [0.1, 0.15) is 17.3 Å². The van der Waals surface area contributed by atoms with E-state index >= 15 is 0 Å². The van der Waals surface area contributed by atoms with Crippen LogP contribution in [0.25, 0.3) is 10.9 Å². The zero-order valence-electron chi connectivity index (χ0n) is 10.5. The summed E-state index contributed by atoms with van der Waals surface area (Å²) in [6, 6.07) is 6.80. The first kappa shape index (κ1) is 15.4. The Balaban J connectivity index is 0.000000286. The maximum Gasteiger partial charge on any atom is 0.341 e. The number of aliphatic hydroxyl groups excluding tert-OH is 1. The molecular formula is C13H13NO6. The first-order valence-corrected chi connectivity index (χ1v) is 5.59. The van der Waals surface area contributed by atoms with E-state index in [1.54, 1.807) is 24.3 Å². The lowest BCUT2D eigenvalue weighted by atomic mass is 10.1. The number of aromatic nitrogens is 1. The van der Waals surface area contributed by atoms with Crippen molar-refractivity contribution in [1.29, 1.82) is 0 Å². The van der Waals surface area contributed by atoms with Gasteiger partial charge >= 0.3 is 11.9 Å². The van der Waals surface area contributed by atoms with E-state index in [4.69, 9.17) is 15.3 Å². The number of pyridine rings is 1. The van der Waals surface area contributed by atoms with Gasteiger partial charge in [0, 0.05) is 17.1 Å². The van der Waals surface area contributed by atoms with Crippen LogP contribution in [-0.4, -0.2) is 38.3 Å². The molecule has 0 radical (unpaired) electrons. The molecule has 1 atom stereocenters. The van der Waals surface area contributed by atoms with Gasteiger partial charge in [-0.3, -0.25) is 4.79 Å². The SMILES string of the molecule is CC(O)C(=O)O.O=C(O)c1c[nH]c2ccccc2c1=O. The van der Waals surface area contributed by atoms with Gasteiger partial charge in [0.25, 0.3) is 0 Å². The number of aromatic carboxylic acids is 1. The number of hydrogen-bond donors (Lipinski definition) is 4. The largest absolute Gasteiger partial charge is 0.479 e. The molecule has 0 aliphatic carbocycles. The van der Waals surface area contributed by atoms with Crippen LogP contribution in [0.4, 0.5) is 0 Å². The lowest BCUT2D eigenvalue weighted by Crippen LogP contribution is -2.14. The van der Waals surface area contributed by atoms with Crippen LogP contribution in [0.3, 0.4) is 0 Å². The van der Waals surface area contributed by atoms with E-state index in [1.807, 2.05) is 0 Å². The summed E-state index contributed by atoms with van der Waals surface area (Å²) < 4.78 is 0. The normalized spacial score (nSPS) is 11.3. The highest BCUT2D eigenvalue weighted by Gasteiger charge is 2.10. The summed E-state index contributed by atoms with van der Waals surface area (Å²) in [6.45, 7) is 1.20. The molecule has 1 heterocycles. The molecule has 0 amide bonds. The molecule has 20 heavy (non-hydrogen) atoms. The fourth-order valence-electron chi connectivity index (χ4n) is 1.33. The number of carboxylic acid groups (broad SMARTS) is 2. The van der Waals surface area contributed by atoms with E-state index in [0.29, 0.717) is 10.9 Å². The molecule has 0 saturated heterocycles. The second-order valence-corrected chi connectivity index (χ2v) is 3.90. The second-order valence-electron chi connectivity index (χ2n) is 3.90. The minimum Gasteiger partial charge on any atom is -0.479 e. The average molecular weight is 279 g/mol. The number of hydrogen-bond acceptors (Lipinski definition) is 4. The van der Waals surface area contributed by atoms with Gasteiger partial charge in [-0.1, -0.05) is 12.1 Å². The number of carboxylic acids is 2. The van der Waals surface area contributed by atoms with Crippen molar-refractivity contribution in [2.24, 2.45) is 0 Å². The first-order chi connectivity index (χ1) is 9.34. The van der Waals surface area contributed by atoms with Crippen molar-refractivity contribution in [2.75, 3.05) is 0 Å². The number of para-hydroxylation sites is 1. The molecule has 0 aliphatic rings. The molecule has 2 aromatic rings. The van der Waals surface area contributed by atoms with E-state index in [1.165, 1.54) is 13.1 Å². The maximum atomic E-state index is 11.6. The molecule has 7 nitrogen and oxygen atoms in total. The third kappa shape index (κ3) is 3.66. The highest BCUT2D eigenvalue weighted by molar-refractivity contribution is 5.92. The van der Waals surface area contributed by atoms with E-state index in [0.717, 1.165) is 0 Å². The zero-order chi connectivity index (χ0) is 15.3. The van der Waals surface area contributed by atoms with Gasteiger partial charge in [0.1, 0.15) is 11.7 Å². The number of fused-ring (bicyclic) bond motifs is 1. The fraction of sp³-hybridized carbons (Fsp3) is 0.154. The number of carbonyl (C=O) groups is 2. The summed E-state index contributed by atoms with van der Waals surface area (Å²) in [5.74, 6) is -2.40. The lowest BCUT2D eigenvalue weighted by molar-refractivity contribution is -0.145. The summed E-state index contributed by atoms with van der Waals surface area (Å²) >= 11 is 0. The molecule has 106 valence electrons. The Morgan fingerprint density at radius 2 is 1.75 bits per heavy atom. The van der Waals surface area contributed by atoms with Crippen LogP contribution in [-0.2, 0) is 4.79 Å². The Labute approximate surface area is 113 Å². The number of H-pyrrole nitrogens is 1. The van der Waals surface area contributed by atoms with Gasteiger partial charge in [-0.05, 0) is 19.1 Å². The van der Waals surface area contributed by atoms with Crippen molar-refractivity contribution in [3.63, 3.8) is 0 Å². The predicted molar refractivity (Wildman–Crippen MR) is 70.8 cm³/mol. The molecule has 2 rings (SSSR count). The Hall–Kier alpha value is -2.67. The van der Waals surface area contributed by atoms with Crippen LogP contribution in [0, 0.1) is 0 Å². The molecule has 0 fully saturated rings. The molecule has 4 N–H and O–H groups in total. The van der Waals surface area contributed by atoms with Crippen LogP contribution in [0.5, 0.6) is 0 Å². The van der Waals surface area contributed by atoms with Crippen LogP contribution < -0.4 is 5.43 Å². The van der Waals surface area contributed by atoms with E-state index in [-0.39, 0.29) is 5.56 Å². The van der Waals surface area contributed by atoms with Crippen molar-refractivity contribution in [2.45, 2.75) is 13.0 Å². The minimum absolute atomic E-state index is 0.233. The number of aliphatic hydroxyl groups is 1. The zero-order valence-corrected chi connectivity index (χ0v) is 10.5. The Morgan fingerprint density at radius 3 is 2.25 bits per heavy atom. The van der Waals surface area contributed by atoms with E-state index in [9.17, 15) is 14.4 Å². The van der Waals surface area contributed by atoms with Gasteiger partial charge in [0.05, 0.1) is 0 Å². The number of rotatable bonds is 2. The molecule has 1 unspecified atom stereocenters. The molecule has 0 spiro atoms. The average Bonchev–Trinajstić information content (AvgIpc) is 2.39. The minimum atomic E-state index is -1.23. The van der Waals surface area contributed by atoms with E-state index in [2.05, 4.69) is 4.98 Å². The summed E-state index contributed by atoms with van der Waals surface area (Å²) in [5, 5.41) is 24.9. The third-order valence-corrected chi connectivity index (χ3v) is 2.38. The van der Waals surface area contributed by atoms with Gasteiger partial charge in [-0.2, -0.15) is 0 Å². The van der Waals surface area contributed by atoms with Crippen LogP contribution >= 0.6 is 0 Å². The molecule has 0 aliphatic heterocycles. The summed E-state index contributed by atoms with van der Waals surface area (Å²) in [6.07, 6.45) is -0.0162. The van der Waals surface area contributed by atoms with Crippen molar-refractivity contribution < 1.29 is 24.9 Å². The molecule has 7 heteroatoms. The van der Waals surface area contributed by atoms with Crippen molar-refractivity contribution in [1.82, 2.24) is 4.98 Å². The van der Waals surface area contributed by atoms with Crippen LogP contribution in [0.15, 0.2) is 35.3 Å². The standard InChI is InChI=1S/C10H7NO3.C3H6O3/c12-9-6-3-1-2-4-8(6)11-5-7(9)10(13)14;1-2(4)3(5)6/h1-5H,(H,11,12)(H,13,14);2,4H,1H3,(H,5,6). The monoisotopic (exact) mass is 279 g/mol. The molecule has 0 bridgehead atoms. The predicted octanol–water partition coefficient (Wildman–Crippen LogP) is 0.678. The molecule has 1 aromatic carbocycles. The first-order valence-electron chi connectivity index (χ1n) is 5.59. The van der Waals surface area contributed by atoms with Gasteiger partial charge in [0.15, 0.2) is 0 Å². The molecule has 1 aromatic heterocycles. The third-order valence-electron chi connectivity index (χ3n) is 2.38. The van der Waals surface area contributed by atoms with Crippen molar-refractivity contribution in [3.05, 3.63) is 46.2 Å². The van der Waals surface area contributed by atoms with Crippen molar-refractivity contribution >= 4 is 22.8 Å². The van der Waals surface area contributed by atoms with Gasteiger partial charge in [0.2, 0.25) is 5.43 Å². The second kappa shape index (κ2) is 6.48. The summed E-state index contributed by atoms with van der Waals surface area (Å²) in [7, 11) is 0. The van der Waals surface area contributed by atoms with E-state index < -0.39 is 23.5 Å². The lowest BCUT2D eigenvalue weighted by Gasteiger charge is -1.98. The fourth-order valence-corrected chi connectivity index (χ4v) is 1.33. The van der Waals surface area contributed by atoms with Gasteiger partial charge in [-0.15, -0.1) is 0 Å². The van der Waals surface area contributed by atoms with Gasteiger partial charge < -0.3 is 20.3 Å². The Kier molecular flexibility index (Phi) is 4.99. The quantitative estimate of drug-likeness (QED) is 0.640.